The lowest BCUT2D eigenvalue weighted by atomic mass is 10.1. The molecule has 0 N–H and O–H groups in total. The SMILES string of the molecule is C#CCN(C(=O)OCCl)C1CCc2ccccc21. The van der Waals surface area contributed by atoms with Gasteiger partial charge in [-0.3, -0.25) is 4.90 Å². The number of aryl methyl sites for hydroxylation is 1. The molecule has 1 atom stereocenters. The van der Waals surface area contributed by atoms with Crippen molar-refractivity contribution in [3.8, 4) is 12.3 Å². The van der Waals surface area contributed by atoms with Crippen molar-refractivity contribution in [2.45, 2.75) is 18.9 Å². The van der Waals surface area contributed by atoms with E-state index in [-0.39, 0.29) is 18.7 Å². The van der Waals surface area contributed by atoms with Crippen molar-refractivity contribution < 1.29 is 9.53 Å². The van der Waals surface area contributed by atoms with Crippen LogP contribution < -0.4 is 0 Å². The van der Waals surface area contributed by atoms with Gasteiger partial charge in [-0.15, -0.1) is 6.42 Å². The molecule has 0 aliphatic heterocycles. The fourth-order valence-corrected chi connectivity index (χ4v) is 2.48. The minimum atomic E-state index is -0.454. The third-order valence-corrected chi connectivity index (χ3v) is 3.26. The second kappa shape index (κ2) is 5.79. The molecule has 1 aliphatic carbocycles. The molecule has 2 rings (SSSR count). The average molecular weight is 264 g/mol. The van der Waals surface area contributed by atoms with E-state index in [1.165, 1.54) is 5.56 Å². The maximum Gasteiger partial charge on any atom is 0.412 e. The summed E-state index contributed by atoms with van der Waals surface area (Å²) in [7, 11) is 0. The number of carbonyl (C=O) groups excluding carboxylic acids is 1. The summed E-state index contributed by atoms with van der Waals surface area (Å²) in [5, 5.41) is 0. The van der Waals surface area contributed by atoms with Crippen molar-refractivity contribution in [1.29, 1.82) is 0 Å². The molecule has 4 heteroatoms. The third-order valence-electron chi connectivity index (χ3n) is 3.15. The van der Waals surface area contributed by atoms with Crippen LogP contribution in [0.15, 0.2) is 24.3 Å². The standard InChI is InChI=1S/C14H14ClNO2/c1-2-9-16(14(17)18-10-15)13-8-7-11-5-3-4-6-12(11)13/h1,3-6,13H,7-10H2. The number of carbonyl (C=O) groups is 1. The summed E-state index contributed by atoms with van der Waals surface area (Å²) in [6.07, 6.45) is 6.69. The Balaban J connectivity index is 2.23. The van der Waals surface area contributed by atoms with Gasteiger partial charge in [0.2, 0.25) is 0 Å². The van der Waals surface area contributed by atoms with Crippen LogP contribution in [0.2, 0.25) is 0 Å². The minimum Gasteiger partial charge on any atom is -0.433 e. The summed E-state index contributed by atoms with van der Waals surface area (Å²) < 4.78 is 4.84. The summed E-state index contributed by atoms with van der Waals surface area (Å²) >= 11 is 5.43. The molecular weight excluding hydrogens is 250 g/mol. The Kier molecular flexibility index (Phi) is 4.11. The number of fused-ring (bicyclic) bond motifs is 1. The highest BCUT2D eigenvalue weighted by Crippen LogP contribution is 2.35. The fourth-order valence-electron chi connectivity index (χ4n) is 2.39. The lowest BCUT2D eigenvalue weighted by Gasteiger charge is -2.26. The molecule has 1 amide bonds. The molecule has 0 heterocycles. The highest BCUT2D eigenvalue weighted by atomic mass is 35.5. The van der Waals surface area contributed by atoms with Crippen LogP contribution in [-0.2, 0) is 11.2 Å². The van der Waals surface area contributed by atoms with Crippen LogP contribution in [-0.4, -0.2) is 23.6 Å². The minimum absolute atomic E-state index is 0.00651. The molecule has 1 aliphatic rings. The second-order valence-electron chi connectivity index (χ2n) is 4.10. The summed E-state index contributed by atoms with van der Waals surface area (Å²) in [4.78, 5) is 13.4. The topological polar surface area (TPSA) is 29.5 Å². The fraction of sp³-hybridized carbons (Fsp3) is 0.357. The highest BCUT2D eigenvalue weighted by Gasteiger charge is 2.31. The Morgan fingerprint density at radius 1 is 1.56 bits per heavy atom. The zero-order valence-electron chi connectivity index (χ0n) is 9.93. The van der Waals surface area contributed by atoms with Crippen molar-refractivity contribution in [3.05, 3.63) is 35.4 Å². The molecule has 0 saturated carbocycles. The van der Waals surface area contributed by atoms with Gasteiger partial charge in [0.15, 0.2) is 6.07 Å². The average Bonchev–Trinajstić information content (AvgIpc) is 2.80. The maximum absolute atomic E-state index is 11.9. The van der Waals surface area contributed by atoms with Crippen LogP contribution in [0.25, 0.3) is 0 Å². The molecule has 94 valence electrons. The number of rotatable bonds is 3. The Morgan fingerprint density at radius 3 is 3.06 bits per heavy atom. The number of hydrogen-bond donors (Lipinski definition) is 0. The monoisotopic (exact) mass is 263 g/mol. The molecule has 1 aromatic rings. The number of amides is 1. The molecular formula is C14H14ClNO2. The number of ether oxygens (including phenoxy) is 1. The van der Waals surface area contributed by atoms with Crippen LogP contribution in [0.5, 0.6) is 0 Å². The number of nitrogens with zero attached hydrogens (tertiary/aromatic N) is 1. The van der Waals surface area contributed by atoms with E-state index < -0.39 is 6.09 Å². The van der Waals surface area contributed by atoms with Crippen molar-refractivity contribution >= 4 is 17.7 Å². The van der Waals surface area contributed by atoms with Gasteiger partial charge >= 0.3 is 6.09 Å². The normalized spacial score (nSPS) is 16.8. The van der Waals surface area contributed by atoms with Crippen LogP contribution in [0.3, 0.4) is 0 Å². The van der Waals surface area contributed by atoms with Gasteiger partial charge < -0.3 is 4.74 Å². The van der Waals surface area contributed by atoms with Gasteiger partial charge in [-0.05, 0) is 24.0 Å². The molecule has 0 radical (unpaired) electrons. The van der Waals surface area contributed by atoms with E-state index in [1.807, 2.05) is 18.2 Å². The molecule has 0 saturated heterocycles. The van der Waals surface area contributed by atoms with Gasteiger partial charge in [-0.1, -0.05) is 41.8 Å². The van der Waals surface area contributed by atoms with E-state index in [0.29, 0.717) is 0 Å². The van der Waals surface area contributed by atoms with Gasteiger partial charge in [0.05, 0.1) is 12.6 Å². The number of hydrogen-bond acceptors (Lipinski definition) is 2. The van der Waals surface area contributed by atoms with Crippen LogP contribution >= 0.6 is 11.6 Å². The molecule has 0 spiro atoms. The number of terminal acetylenes is 1. The first kappa shape index (κ1) is 12.8. The Labute approximate surface area is 112 Å². The van der Waals surface area contributed by atoms with Crippen molar-refractivity contribution in [2.24, 2.45) is 0 Å². The number of halogens is 1. The summed E-state index contributed by atoms with van der Waals surface area (Å²) in [5.41, 5.74) is 2.42. The largest absolute Gasteiger partial charge is 0.433 e. The number of alkyl halides is 1. The zero-order valence-corrected chi connectivity index (χ0v) is 10.7. The van der Waals surface area contributed by atoms with Gasteiger partial charge in [0.25, 0.3) is 0 Å². The molecule has 1 aromatic carbocycles. The molecule has 3 nitrogen and oxygen atoms in total. The van der Waals surface area contributed by atoms with Crippen molar-refractivity contribution in [2.75, 3.05) is 12.6 Å². The second-order valence-corrected chi connectivity index (χ2v) is 4.32. The Morgan fingerprint density at radius 2 is 2.33 bits per heavy atom. The van der Waals surface area contributed by atoms with E-state index in [2.05, 4.69) is 12.0 Å². The van der Waals surface area contributed by atoms with Gasteiger partial charge in [0, 0.05) is 0 Å². The predicted molar refractivity (Wildman–Crippen MR) is 70.2 cm³/mol. The molecule has 1 unspecified atom stereocenters. The predicted octanol–water partition coefficient (Wildman–Crippen LogP) is 2.94. The van der Waals surface area contributed by atoms with Crippen molar-refractivity contribution in [3.63, 3.8) is 0 Å². The quantitative estimate of drug-likeness (QED) is 0.620. The summed E-state index contributed by atoms with van der Waals surface area (Å²) in [5.74, 6) is 2.50. The van der Waals surface area contributed by atoms with Crippen molar-refractivity contribution in [1.82, 2.24) is 4.90 Å². The van der Waals surface area contributed by atoms with E-state index in [0.717, 1.165) is 18.4 Å². The molecule has 0 bridgehead atoms. The smallest absolute Gasteiger partial charge is 0.412 e. The summed E-state index contributed by atoms with van der Waals surface area (Å²) in [6.45, 7) is 0.231. The Bertz CT molecular complexity index is 481. The van der Waals surface area contributed by atoms with E-state index in [4.69, 9.17) is 22.8 Å². The summed E-state index contributed by atoms with van der Waals surface area (Å²) in [6, 6.07) is 7.92. The lowest BCUT2D eigenvalue weighted by Crippen LogP contribution is -2.34. The first-order valence-corrected chi connectivity index (χ1v) is 6.32. The lowest BCUT2D eigenvalue weighted by molar-refractivity contribution is 0.106. The first-order chi connectivity index (χ1) is 8.77. The first-order valence-electron chi connectivity index (χ1n) is 5.78. The number of benzene rings is 1. The van der Waals surface area contributed by atoms with Gasteiger partial charge in [-0.2, -0.15) is 0 Å². The van der Waals surface area contributed by atoms with Crippen LogP contribution in [0.4, 0.5) is 4.79 Å². The molecule has 18 heavy (non-hydrogen) atoms. The van der Waals surface area contributed by atoms with Crippen LogP contribution in [0.1, 0.15) is 23.6 Å². The maximum atomic E-state index is 11.9. The van der Waals surface area contributed by atoms with E-state index in [1.54, 1.807) is 4.90 Å². The third kappa shape index (κ3) is 2.44. The molecule has 0 aromatic heterocycles. The van der Waals surface area contributed by atoms with Gasteiger partial charge in [0.1, 0.15) is 0 Å². The molecule has 0 fully saturated rings. The Hall–Kier alpha value is -1.66. The zero-order chi connectivity index (χ0) is 13.0. The van der Waals surface area contributed by atoms with E-state index >= 15 is 0 Å². The van der Waals surface area contributed by atoms with Crippen LogP contribution in [0, 0.1) is 12.3 Å². The van der Waals surface area contributed by atoms with E-state index in [9.17, 15) is 4.79 Å². The van der Waals surface area contributed by atoms with Gasteiger partial charge in [-0.25, -0.2) is 4.79 Å². The highest BCUT2D eigenvalue weighted by molar-refractivity contribution is 6.17.